The fourth-order valence-electron chi connectivity index (χ4n) is 1.42. The Morgan fingerprint density at radius 2 is 2.11 bits per heavy atom. The van der Waals surface area contributed by atoms with Crippen molar-refractivity contribution in [1.82, 2.24) is 5.32 Å². The Labute approximate surface area is 112 Å². The lowest BCUT2D eigenvalue weighted by molar-refractivity contribution is -0.120. The van der Waals surface area contributed by atoms with E-state index >= 15 is 0 Å². The Hall–Kier alpha value is -1.76. The van der Waals surface area contributed by atoms with Crippen molar-refractivity contribution in [3.05, 3.63) is 29.6 Å². The van der Waals surface area contributed by atoms with E-state index in [2.05, 4.69) is 5.32 Å². The van der Waals surface area contributed by atoms with Crippen molar-refractivity contribution >= 4 is 22.7 Å². The van der Waals surface area contributed by atoms with Crippen LogP contribution in [0.3, 0.4) is 0 Å². The monoisotopic (exact) mass is 287 g/mol. The minimum absolute atomic E-state index is 0.151. The molecule has 0 fully saturated rings. The van der Waals surface area contributed by atoms with Gasteiger partial charge in [-0.05, 0) is 24.6 Å². The first-order chi connectivity index (χ1) is 8.95. The van der Waals surface area contributed by atoms with Crippen LogP contribution in [0.15, 0.2) is 23.1 Å². The molecule has 104 valence electrons. The maximum atomic E-state index is 13.2. The molecule has 7 heteroatoms. The maximum Gasteiger partial charge on any atom is 0.338 e. The Morgan fingerprint density at radius 3 is 2.68 bits per heavy atom. The molecule has 0 saturated heterocycles. The number of carbonyl (C=O) groups is 2. The minimum atomic E-state index is -1.45. The smallest absolute Gasteiger partial charge is 0.338 e. The zero-order chi connectivity index (χ0) is 14.4. The third-order valence-corrected chi connectivity index (χ3v) is 3.88. The molecule has 5 nitrogen and oxygen atoms in total. The van der Waals surface area contributed by atoms with E-state index < -0.39 is 28.1 Å². The highest BCUT2D eigenvalue weighted by Gasteiger charge is 2.13. The second kappa shape index (κ2) is 6.98. The summed E-state index contributed by atoms with van der Waals surface area (Å²) >= 11 is 0. The molecule has 1 unspecified atom stereocenters. The van der Waals surface area contributed by atoms with Crippen LogP contribution >= 0.6 is 0 Å². The van der Waals surface area contributed by atoms with Gasteiger partial charge in [0.2, 0.25) is 5.91 Å². The summed E-state index contributed by atoms with van der Waals surface area (Å²) < 4.78 is 25.0. The van der Waals surface area contributed by atoms with Gasteiger partial charge < -0.3 is 10.4 Å². The van der Waals surface area contributed by atoms with E-state index in [9.17, 15) is 18.2 Å². The number of halogens is 1. The van der Waals surface area contributed by atoms with Gasteiger partial charge in [-0.15, -0.1) is 0 Å². The molecular weight excluding hydrogens is 273 g/mol. The fraction of sp³-hybridized carbons (Fsp3) is 0.333. The molecule has 0 aliphatic rings. The van der Waals surface area contributed by atoms with Crippen molar-refractivity contribution < 1.29 is 23.3 Å². The van der Waals surface area contributed by atoms with Crippen LogP contribution in [0.5, 0.6) is 0 Å². The van der Waals surface area contributed by atoms with Crippen LogP contribution in [0, 0.1) is 5.82 Å². The second-order valence-electron chi connectivity index (χ2n) is 3.77. The molecule has 0 aromatic heterocycles. The molecular formula is C12H14FNO4S. The molecule has 2 N–H and O–H groups in total. The van der Waals surface area contributed by atoms with Gasteiger partial charge >= 0.3 is 5.97 Å². The molecule has 1 atom stereocenters. The van der Waals surface area contributed by atoms with Crippen LogP contribution in [0.25, 0.3) is 0 Å². The van der Waals surface area contributed by atoms with Crippen molar-refractivity contribution in [2.75, 3.05) is 12.8 Å². The summed E-state index contributed by atoms with van der Waals surface area (Å²) in [6.07, 6.45) is 0.654. The lowest BCUT2D eigenvalue weighted by Crippen LogP contribution is -2.18. The summed E-state index contributed by atoms with van der Waals surface area (Å²) in [6, 6.07) is 3.33. The molecule has 1 rings (SSSR count). The Balaban J connectivity index is 2.70. The van der Waals surface area contributed by atoms with Gasteiger partial charge in [-0.1, -0.05) is 0 Å². The van der Waals surface area contributed by atoms with Crippen molar-refractivity contribution in [3.8, 4) is 0 Å². The molecule has 1 aromatic rings. The lowest BCUT2D eigenvalue weighted by Gasteiger charge is -2.04. The van der Waals surface area contributed by atoms with Gasteiger partial charge in [0.25, 0.3) is 0 Å². The number of carboxylic acid groups (broad SMARTS) is 1. The minimum Gasteiger partial charge on any atom is -0.478 e. The van der Waals surface area contributed by atoms with Gasteiger partial charge in [0, 0.05) is 24.1 Å². The summed E-state index contributed by atoms with van der Waals surface area (Å²) in [7, 11) is 0.0654. The molecule has 0 radical (unpaired) electrons. The van der Waals surface area contributed by atoms with E-state index in [0.29, 0.717) is 6.42 Å². The molecule has 19 heavy (non-hydrogen) atoms. The third-order valence-electron chi connectivity index (χ3n) is 2.44. The normalized spacial score (nSPS) is 11.9. The summed E-state index contributed by atoms with van der Waals surface area (Å²) in [5.41, 5.74) is -0.503. The van der Waals surface area contributed by atoms with Crippen LogP contribution in [0.2, 0.25) is 0 Å². The van der Waals surface area contributed by atoms with Crippen molar-refractivity contribution in [2.45, 2.75) is 17.7 Å². The first-order valence-corrected chi connectivity index (χ1v) is 6.89. The summed E-state index contributed by atoms with van der Waals surface area (Å²) in [5, 5.41) is 11.2. The Bertz CT molecular complexity index is 518. The maximum absolute atomic E-state index is 13.2. The highest BCUT2D eigenvalue weighted by Crippen LogP contribution is 2.15. The number of amides is 1. The number of hydrogen-bond acceptors (Lipinski definition) is 3. The molecule has 1 aromatic carbocycles. The van der Waals surface area contributed by atoms with Gasteiger partial charge in [-0.25, -0.2) is 9.18 Å². The van der Waals surface area contributed by atoms with Crippen molar-refractivity contribution in [3.63, 3.8) is 0 Å². The third kappa shape index (κ3) is 4.44. The van der Waals surface area contributed by atoms with E-state index in [4.69, 9.17) is 5.11 Å². The number of carbonyl (C=O) groups excluding carboxylic acids is 1. The summed E-state index contributed by atoms with van der Waals surface area (Å²) in [4.78, 5) is 22.0. The molecule has 0 saturated carbocycles. The highest BCUT2D eigenvalue weighted by atomic mass is 32.2. The lowest BCUT2D eigenvalue weighted by atomic mass is 10.2. The van der Waals surface area contributed by atoms with Crippen LogP contribution in [-0.4, -0.2) is 34.0 Å². The number of aromatic carboxylic acids is 1. The van der Waals surface area contributed by atoms with Gasteiger partial charge in [0.15, 0.2) is 0 Å². The first-order valence-electron chi connectivity index (χ1n) is 5.57. The molecule has 1 amide bonds. The number of carboxylic acids is 1. The highest BCUT2D eigenvalue weighted by molar-refractivity contribution is 7.85. The quantitative estimate of drug-likeness (QED) is 0.822. The largest absolute Gasteiger partial charge is 0.478 e. The topological polar surface area (TPSA) is 83.5 Å². The predicted octanol–water partition coefficient (Wildman–Crippen LogP) is 1.16. The SMILES string of the molecule is CNC(=O)CCCS(=O)c1ccc(F)c(C(=O)O)c1. The summed E-state index contributed by atoms with van der Waals surface area (Å²) in [6.45, 7) is 0. The number of hydrogen-bond donors (Lipinski definition) is 2. The van der Waals surface area contributed by atoms with Crippen LogP contribution in [-0.2, 0) is 15.6 Å². The summed E-state index contributed by atoms with van der Waals surface area (Å²) in [5.74, 6) is -2.19. The van der Waals surface area contributed by atoms with Gasteiger partial charge in [0.05, 0.1) is 16.4 Å². The number of benzene rings is 1. The Kier molecular flexibility index (Phi) is 5.62. The predicted molar refractivity (Wildman–Crippen MR) is 67.9 cm³/mol. The van der Waals surface area contributed by atoms with Crippen molar-refractivity contribution in [2.24, 2.45) is 0 Å². The van der Waals surface area contributed by atoms with E-state index in [1.807, 2.05) is 0 Å². The van der Waals surface area contributed by atoms with E-state index in [1.54, 1.807) is 0 Å². The molecule has 0 heterocycles. The van der Waals surface area contributed by atoms with E-state index in [0.717, 1.165) is 12.1 Å². The standard InChI is InChI=1S/C12H14FNO4S/c1-14-11(15)3-2-6-19(18)8-4-5-10(13)9(7-8)12(16)17/h4-5,7H,2-3,6H2,1H3,(H,14,15)(H,16,17). The molecule has 0 aliphatic carbocycles. The van der Waals surface area contributed by atoms with Crippen molar-refractivity contribution in [1.29, 1.82) is 0 Å². The molecule has 0 spiro atoms. The number of rotatable bonds is 6. The van der Waals surface area contributed by atoms with Crippen LogP contribution < -0.4 is 5.32 Å². The average molecular weight is 287 g/mol. The van der Waals surface area contributed by atoms with E-state index in [1.165, 1.54) is 13.1 Å². The fourth-order valence-corrected chi connectivity index (χ4v) is 2.53. The number of nitrogens with one attached hydrogen (secondary N) is 1. The van der Waals surface area contributed by atoms with Crippen LogP contribution in [0.1, 0.15) is 23.2 Å². The van der Waals surface area contributed by atoms with Gasteiger partial charge in [-0.2, -0.15) is 0 Å². The zero-order valence-electron chi connectivity index (χ0n) is 10.3. The Morgan fingerprint density at radius 1 is 1.42 bits per heavy atom. The second-order valence-corrected chi connectivity index (χ2v) is 5.34. The molecule has 0 bridgehead atoms. The molecule has 0 aliphatic heterocycles. The average Bonchev–Trinajstić information content (AvgIpc) is 2.38. The van der Waals surface area contributed by atoms with E-state index in [-0.39, 0.29) is 23.0 Å². The van der Waals surface area contributed by atoms with Gasteiger partial charge in [-0.3, -0.25) is 9.00 Å². The zero-order valence-corrected chi connectivity index (χ0v) is 11.1. The van der Waals surface area contributed by atoms with Gasteiger partial charge in [0.1, 0.15) is 5.82 Å². The van der Waals surface area contributed by atoms with Crippen LogP contribution in [0.4, 0.5) is 4.39 Å². The first kappa shape index (κ1) is 15.3.